The Morgan fingerprint density at radius 2 is 2.07 bits per heavy atom. The maximum atomic E-state index is 11.4. The van der Waals surface area contributed by atoms with E-state index in [2.05, 4.69) is 0 Å². The summed E-state index contributed by atoms with van der Waals surface area (Å²) in [5, 5.41) is 18.4. The minimum absolute atomic E-state index is 0.0221. The molecular weight excluding hydrogens is 198 g/mol. The van der Waals surface area contributed by atoms with Gasteiger partial charge < -0.3 is 20.7 Å². The van der Waals surface area contributed by atoms with Crippen molar-refractivity contribution in [3.05, 3.63) is 41.5 Å². The van der Waals surface area contributed by atoms with Gasteiger partial charge in [0.25, 0.3) is 0 Å². The molecule has 0 aromatic heterocycles. The molecule has 78 valence electrons. The number of phenolic OH excluding ortho intramolecular Hbond substituents is 1. The molecule has 0 radical (unpaired) electrons. The predicted octanol–water partition coefficient (Wildman–Crippen LogP) is 0.718. The van der Waals surface area contributed by atoms with Crippen LogP contribution in [-0.2, 0) is 9.53 Å². The van der Waals surface area contributed by atoms with Crippen LogP contribution in [0.5, 0.6) is 5.75 Å². The lowest BCUT2D eigenvalue weighted by Gasteiger charge is -2.09. The summed E-state index contributed by atoms with van der Waals surface area (Å²) in [4.78, 5) is 11.4. The van der Waals surface area contributed by atoms with Crippen LogP contribution in [0.3, 0.4) is 0 Å². The number of hydrogen-bond acceptors (Lipinski definition) is 5. The maximum Gasteiger partial charge on any atom is 0.247 e. The smallest absolute Gasteiger partial charge is 0.247 e. The molecule has 0 spiro atoms. The SMILES string of the molecule is NC1=C(O)C(=O)C(c2cccc(O)c2)O1. The van der Waals surface area contributed by atoms with E-state index in [0.717, 1.165) is 0 Å². The number of phenols is 1. The van der Waals surface area contributed by atoms with Crippen molar-refractivity contribution in [1.29, 1.82) is 0 Å². The molecule has 2 rings (SSSR count). The van der Waals surface area contributed by atoms with Crippen LogP contribution in [-0.4, -0.2) is 16.0 Å². The van der Waals surface area contributed by atoms with E-state index >= 15 is 0 Å². The highest BCUT2D eigenvalue weighted by Gasteiger charge is 2.35. The van der Waals surface area contributed by atoms with Crippen LogP contribution in [0.25, 0.3) is 0 Å². The van der Waals surface area contributed by atoms with Crippen LogP contribution in [0, 0.1) is 0 Å². The number of aliphatic hydroxyl groups excluding tert-OH is 1. The van der Waals surface area contributed by atoms with Gasteiger partial charge in [0.05, 0.1) is 0 Å². The van der Waals surface area contributed by atoms with Gasteiger partial charge in [0, 0.05) is 5.56 Å². The second-order valence-corrected chi connectivity index (χ2v) is 3.17. The number of rotatable bonds is 1. The van der Waals surface area contributed by atoms with E-state index < -0.39 is 17.6 Å². The Morgan fingerprint density at radius 1 is 1.33 bits per heavy atom. The fourth-order valence-electron chi connectivity index (χ4n) is 1.39. The first-order valence-electron chi connectivity index (χ1n) is 4.28. The summed E-state index contributed by atoms with van der Waals surface area (Å²) < 4.78 is 4.97. The Hall–Kier alpha value is -2.17. The normalized spacial score (nSPS) is 20.5. The molecule has 4 N–H and O–H groups in total. The van der Waals surface area contributed by atoms with Crippen LogP contribution >= 0.6 is 0 Å². The lowest BCUT2D eigenvalue weighted by Crippen LogP contribution is -2.09. The van der Waals surface area contributed by atoms with E-state index in [-0.39, 0.29) is 11.6 Å². The van der Waals surface area contributed by atoms with Crippen LogP contribution in [0.4, 0.5) is 0 Å². The van der Waals surface area contributed by atoms with E-state index in [9.17, 15) is 15.0 Å². The second kappa shape index (κ2) is 3.20. The zero-order valence-corrected chi connectivity index (χ0v) is 7.68. The van der Waals surface area contributed by atoms with Gasteiger partial charge in [0.15, 0.2) is 6.10 Å². The number of hydrogen-bond donors (Lipinski definition) is 3. The third kappa shape index (κ3) is 1.48. The first kappa shape index (κ1) is 9.39. The van der Waals surface area contributed by atoms with Gasteiger partial charge in [-0.05, 0) is 12.1 Å². The Kier molecular flexibility index (Phi) is 2.00. The number of carbonyl (C=O) groups is 1. The summed E-state index contributed by atoms with van der Waals surface area (Å²) in [5.74, 6) is -1.43. The molecule has 1 unspecified atom stereocenters. The summed E-state index contributed by atoms with van der Waals surface area (Å²) in [6.45, 7) is 0. The molecule has 5 nitrogen and oxygen atoms in total. The van der Waals surface area contributed by atoms with Gasteiger partial charge in [0.1, 0.15) is 5.75 Å². The van der Waals surface area contributed by atoms with Gasteiger partial charge in [0.2, 0.25) is 17.4 Å². The van der Waals surface area contributed by atoms with Gasteiger partial charge in [-0.3, -0.25) is 4.79 Å². The average molecular weight is 207 g/mol. The summed E-state index contributed by atoms with van der Waals surface area (Å²) in [6.07, 6.45) is -0.961. The van der Waals surface area contributed by atoms with E-state index in [1.807, 2.05) is 0 Å². The van der Waals surface area contributed by atoms with Crippen molar-refractivity contribution in [3.63, 3.8) is 0 Å². The molecule has 1 aromatic rings. The number of ether oxygens (including phenoxy) is 1. The predicted molar refractivity (Wildman–Crippen MR) is 50.8 cm³/mol. The van der Waals surface area contributed by atoms with Crippen molar-refractivity contribution >= 4 is 5.78 Å². The first-order valence-corrected chi connectivity index (χ1v) is 4.28. The molecule has 1 aliphatic rings. The number of aromatic hydroxyl groups is 1. The summed E-state index contributed by atoms with van der Waals surface area (Å²) in [5.41, 5.74) is 5.71. The van der Waals surface area contributed by atoms with E-state index in [0.29, 0.717) is 5.56 Å². The molecule has 5 heteroatoms. The van der Waals surface area contributed by atoms with Gasteiger partial charge in [-0.2, -0.15) is 0 Å². The lowest BCUT2D eigenvalue weighted by molar-refractivity contribution is -0.123. The zero-order valence-electron chi connectivity index (χ0n) is 7.68. The van der Waals surface area contributed by atoms with Crippen molar-refractivity contribution in [2.45, 2.75) is 6.10 Å². The molecule has 0 amide bonds. The monoisotopic (exact) mass is 207 g/mol. The molecule has 0 saturated heterocycles. The Balaban J connectivity index is 2.33. The Morgan fingerprint density at radius 3 is 2.60 bits per heavy atom. The third-order valence-electron chi connectivity index (χ3n) is 2.12. The maximum absolute atomic E-state index is 11.4. The molecule has 0 bridgehead atoms. The molecule has 0 aliphatic carbocycles. The van der Waals surface area contributed by atoms with Gasteiger partial charge >= 0.3 is 0 Å². The minimum atomic E-state index is -0.961. The first-order chi connectivity index (χ1) is 7.09. The Labute approximate surface area is 85.4 Å². The molecular formula is C10H9NO4. The molecule has 1 atom stereocenters. The largest absolute Gasteiger partial charge is 0.508 e. The topological polar surface area (TPSA) is 92.8 Å². The van der Waals surface area contributed by atoms with E-state index in [4.69, 9.17) is 10.5 Å². The quantitative estimate of drug-likeness (QED) is 0.630. The van der Waals surface area contributed by atoms with Crippen molar-refractivity contribution < 1.29 is 19.7 Å². The summed E-state index contributed by atoms with van der Waals surface area (Å²) >= 11 is 0. The van der Waals surface area contributed by atoms with Gasteiger partial charge in [-0.15, -0.1) is 0 Å². The zero-order chi connectivity index (χ0) is 11.0. The second-order valence-electron chi connectivity index (χ2n) is 3.17. The van der Waals surface area contributed by atoms with Crippen molar-refractivity contribution in [3.8, 4) is 5.75 Å². The number of nitrogens with two attached hydrogens (primary N) is 1. The van der Waals surface area contributed by atoms with Gasteiger partial charge in [-0.1, -0.05) is 12.1 Å². The number of ketones is 1. The molecule has 15 heavy (non-hydrogen) atoms. The van der Waals surface area contributed by atoms with Crippen molar-refractivity contribution in [1.82, 2.24) is 0 Å². The highest BCUT2D eigenvalue weighted by Crippen LogP contribution is 2.30. The number of benzene rings is 1. The molecule has 0 saturated carbocycles. The summed E-state index contributed by atoms with van der Waals surface area (Å²) in [7, 11) is 0. The number of Topliss-reactive ketones (excluding diaryl/α,β-unsaturated/α-hetero) is 1. The Bertz CT molecular complexity index is 452. The lowest BCUT2D eigenvalue weighted by atomic mass is 10.1. The van der Waals surface area contributed by atoms with E-state index in [1.54, 1.807) is 12.1 Å². The minimum Gasteiger partial charge on any atom is -0.508 e. The fraction of sp³-hybridized carbons (Fsp3) is 0.100. The molecule has 1 heterocycles. The van der Waals surface area contributed by atoms with Crippen LogP contribution in [0.15, 0.2) is 35.9 Å². The highest BCUT2D eigenvalue weighted by atomic mass is 16.5. The summed E-state index contributed by atoms with van der Waals surface area (Å²) in [6, 6.07) is 6.04. The highest BCUT2D eigenvalue weighted by molar-refractivity contribution is 5.99. The third-order valence-corrected chi connectivity index (χ3v) is 2.12. The average Bonchev–Trinajstić information content (AvgIpc) is 2.46. The van der Waals surface area contributed by atoms with Crippen LogP contribution < -0.4 is 5.73 Å². The molecule has 1 aliphatic heterocycles. The van der Waals surface area contributed by atoms with Crippen molar-refractivity contribution in [2.24, 2.45) is 5.73 Å². The van der Waals surface area contributed by atoms with Crippen LogP contribution in [0.1, 0.15) is 11.7 Å². The molecule has 0 fully saturated rings. The van der Waals surface area contributed by atoms with Crippen LogP contribution in [0.2, 0.25) is 0 Å². The standard InChI is InChI=1S/C10H9NO4/c11-10-8(14)7(13)9(15-10)5-2-1-3-6(12)4-5/h1-4,9,12,14H,11H2. The van der Waals surface area contributed by atoms with Gasteiger partial charge in [-0.25, -0.2) is 0 Å². The number of carbonyl (C=O) groups excluding carboxylic acids is 1. The number of aliphatic hydroxyl groups is 1. The van der Waals surface area contributed by atoms with E-state index in [1.165, 1.54) is 12.1 Å². The molecule has 1 aromatic carbocycles. The fourth-order valence-corrected chi connectivity index (χ4v) is 1.39. The van der Waals surface area contributed by atoms with Crippen molar-refractivity contribution in [2.75, 3.05) is 0 Å².